The van der Waals surface area contributed by atoms with Crippen LogP contribution in [-0.4, -0.2) is 10.2 Å². The molecule has 0 bridgehead atoms. The van der Waals surface area contributed by atoms with E-state index in [2.05, 4.69) is 4.98 Å². The van der Waals surface area contributed by atoms with Crippen LogP contribution in [0.25, 0.3) is 0 Å². The van der Waals surface area contributed by atoms with Crippen LogP contribution in [-0.2, 0) is 0 Å². The van der Waals surface area contributed by atoms with Crippen molar-refractivity contribution < 1.29 is 13.6 Å². The summed E-state index contributed by atoms with van der Waals surface area (Å²) in [5.41, 5.74) is -0.888. The maximum atomic E-state index is 12.5. The van der Waals surface area contributed by atoms with Gasteiger partial charge in [-0.3, -0.25) is 4.79 Å². The molecule has 0 amide bonds. The molecule has 0 N–H and O–H groups in total. The Kier molecular flexibility index (Phi) is 4.03. The summed E-state index contributed by atoms with van der Waals surface area (Å²) < 4.78 is 25.0. The second kappa shape index (κ2) is 4.67. The Morgan fingerprint density at radius 1 is 1.57 bits per heavy atom. The fraction of sp³-hybridized carbons (Fsp3) is 0.143. The van der Waals surface area contributed by atoms with Crippen LogP contribution < -0.4 is 0 Å². The van der Waals surface area contributed by atoms with Gasteiger partial charge in [0.15, 0.2) is 0 Å². The molecule has 0 aliphatic heterocycles. The molecule has 0 aliphatic carbocycles. The van der Waals surface area contributed by atoms with Crippen molar-refractivity contribution in [2.24, 2.45) is 0 Å². The van der Waals surface area contributed by atoms with E-state index in [-0.39, 0.29) is 14.3 Å². The van der Waals surface area contributed by atoms with Crippen LogP contribution in [0.4, 0.5) is 8.78 Å². The van der Waals surface area contributed by atoms with E-state index < -0.39 is 17.2 Å². The number of alkyl halides is 2. The molecule has 1 heterocycles. The molecule has 0 aliphatic rings. The highest BCUT2D eigenvalue weighted by Crippen LogP contribution is 2.31. The predicted molar refractivity (Wildman–Crippen MR) is 57.1 cm³/mol. The fourth-order valence-electron chi connectivity index (χ4n) is 0.878. The zero-order valence-corrected chi connectivity index (χ0v) is 10.1. The van der Waals surface area contributed by atoms with Gasteiger partial charge in [0, 0.05) is 6.20 Å². The summed E-state index contributed by atoms with van der Waals surface area (Å²) in [6, 6.07) is 0. The third-order valence-electron chi connectivity index (χ3n) is 1.44. The fourth-order valence-corrected chi connectivity index (χ4v) is 2.01. The van der Waals surface area contributed by atoms with Crippen LogP contribution in [0.3, 0.4) is 0 Å². The zero-order chi connectivity index (χ0) is 10.9. The molecule has 1 aromatic rings. The van der Waals surface area contributed by atoms with Crippen molar-refractivity contribution in [3.05, 3.63) is 26.0 Å². The minimum atomic E-state index is -2.83. The smallest absolute Gasteiger partial charge is 0.267 e. The Morgan fingerprint density at radius 3 is 2.50 bits per heavy atom. The van der Waals surface area contributed by atoms with Crippen molar-refractivity contribution >= 4 is 51.0 Å². The zero-order valence-electron chi connectivity index (χ0n) is 6.40. The number of carbonyl (C=O) groups excluding carboxylic acids is 1. The Balaban J connectivity index is 3.50. The number of rotatable bonds is 2. The van der Waals surface area contributed by atoms with Crippen molar-refractivity contribution in [2.75, 3.05) is 0 Å². The van der Waals surface area contributed by atoms with Gasteiger partial charge in [-0.25, -0.2) is 13.8 Å². The average molecular weight is 352 g/mol. The second-order valence-corrected chi connectivity index (χ2v) is 4.03. The van der Waals surface area contributed by atoms with Gasteiger partial charge < -0.3 is 0 Å². The molecule has 0 unspecified atom stereocenters. The summed E-state index contributed by atoms with van der Waals surface area (Å²) in [4.78, 5) is 14.5. The van der Waals surface area contributed by atoms with Gasteiger partial charge in [0.2, 0.25) is 0 Å². The van der Waals surface area contributed by atoms with Crippen molar-refractivity contribution in [1.29, 1.82) is 0 Å². The number of carbonyl (C=O) groups is 1. The molecule has 0 aromatic carbocycles. The van der Waals surface area contributed by atoms with Gasteiger partial charge >= 0.3 is 0 Å². The molecule has 1 aromatic heterocycles. The summed E-state index contributed by atoms with van der Waals surface area (Å²) in [7, 11) is 0. The molecular weight excluding hydrogens is 350 g/mol. The lowest BCUT2D eigenvalue weighted by atomic mass is 10.1. The number of pyridine rings is 1. The number of halogens is 5. The van der Waals surface area contributed by atoms with Crippen molar-refractivity contribution in [1.82, 2.24) is 4.98 Å². The van der Waals surface area contributed by atoms with E-state index in [1.54, 1.807) is 22.6 Å². The first kappa shape index (κ1) is 12.1. The van der Waals surface area contributed by atoms with Crippen LogP contribution >= 0.6 is 45.8 Å². The lowest BCUT2D eigenvalue weighted by Gasteiger charge is -2.08. The first-order valence-electron chi connectivity index (χ1n) is 3.27. The topological polar surface area (TPSA) is 30.0 Å². The van der Waals surface area contributed by atoms with E-state index >= 15 is 0 Å². The van der Waals surface area contributed by atoms with E-state index in [9.17, 15) is 13.6 Å². The van der Waals surface area contributed by atoms with E-state index in [1.165, 1.54) is 0 Å². The molecule has 14 heavy (non-hydrogen) atoms. The first-order chi connectivity index (χ1) is 6.45. The van der Waals surface area contributed by atoms with Crippen molar-refractivity contribution in [3.63, 3.8) is 0 Å². The Hall–Kier alpha value is -0.0100. The summed E-state index contributed by atoms with van der Waals surface area (Å²) in [6.07, 6.45) is -1.71. The van der Waals surface area contributed by atoms with E-state index in [0.717, 1.165) is 6.20 Å². The first-order valence-corrected chi connectivity index (χ1v) is 5.10. The number of nitrogens with zero attached hydrogens (tertiary/aromatic N) is 1. The Morgan fingerprint density at radius 2 is 2.14 bits per heavy atom. The molecule has 0 saturated carbocycles. The molecule has 0 radical (unpaired) electrons. The summed E-state index contributed by atoms with van der Waals surface area (Å²) >= 11 is 12.3. The SMILES string of the molecule is O=C(Cl)c1c(Cl)cnc(I)c1C(F)F. The van der Waals surface area contributed by atoms with Gasteiger partial charge in [0.25, 0.3) is 11.7 Å². The quantitative estimate of drug-likeness (QED) is 0.462. The van der Waals surface area contributed by atoms with E-state index in [4.69, 9.17) is 23.2 Å². The largest absolute Gasteiger partial charge is 0.276 e. The Bertz CT molecular complexity index is 386. The maximum Gasteiger partial charge on any atom is 0.267 e. The number of aromatic nitrogens is 1. The van der Waals surface area contributed by atoms with Crippen molar-refractivity contribution in [2.45, 2.75) is 6.43 Å². The molecule has 0 spiro atoms. The van der Waals surface area contributed by atoms with Gasteiger partial charge in [-0.2, -0.15) is 0 Å². The summed E-state index contributed by atoms with van der Waals surface area (Å²) in [5.74, 6) is 0. The van der Waals surface area contributed by atoms with Gasteiger partial charge in [0.1, 0.15) is 3.70 Å². The van der Waals surface area contributed by atoms with Gasteiger partial charge in [-0.1, -0.05) is 11.6 Å². The van der Waals surface area contributed by atoms with Gasteiger partial charge in [-0.05, 0) is 34.2 Å². The average Bonchev–Trinajstić information content (AvgIpc) is 2.07. The van der Waals surface area contributed by atoms with Gasteiger partial charge in [0.05, 0.1) is 16.1 Å². The van der Waals surface area contributed by atoms with Crippen LogP contribution in [0.5, 0.6) is 0 Å². The lowest BCUT2D eigenvalue weighted by Crippen LogP contribution is -2.04. The minimum Gasteiger partial charge on any atom is -0.276 e. The second-order valence-electron chi connectivity index (χ2n) is 2.26. The summed E-state index contributed by atoms with van der Waals surface area (Å²) in [5, 5.41) is -1.17. The molecular formula is C7H2Cl2F2INO. The van der Waals surface area contributed by atoms with Crippen LogP contribution in [0.2, 0.25) is 5.02 Å². The normalized spacial score (nSPS) is 10.7. The third kappa shape index (κ3) is 2.32. The highest BCUT2D eigenvalue weighted by Gasteiger charge is 2.24. The summed E-state index contributed by atoms with van der Waals surface area (Å²) in [6.45, 7) is 0. The van der Waals surface area contributed by atoms with Crippen LogP contribution in [0.1, 0.15) is 22.3 Å². The molecule has 7 heteroatoms. The van der Waals surface area contributed by atoms with Gasteiger partial charge in [-0.15, -0.1) is 0 Å². The minimum absolute atomic E-state index is 0.0194. The molecule has 0 saturated heterocycles. The maximum absolute atomic E-state index is 12.5. The number of hydrogen-bond acceptors (Lipinski definition) is 2. The van der Waals surface area contributed by atoms with E-state index in [1.807, 2.05) is 0 Å². The molecule has 2 nitrogen and oxygen atoms in total. The van der Waals surface area contributed by atoms with Crippen LogP contribution in [0.15, 0.2) is 6.20 Å². The lowest BCUT2D eigenvalue weighted by molar-refractivity contribution is 0.106. The highest BCUT2D eigenvalue weighted by atomic mass is 127. The molecule has 1 rings (SSSR count). The monoisotopic (exact) mass is 351 g/mol. The standard InChI is InChI=1S/C7H2Cl2F2INO/c8-2-1-13-7(12)4(6(10)11)3(2)5(9)14/h1,6H. The third-order valence-corrected chi connectivity index (χ3v) is 2.77. The molecule has 76 valence electrons. The highest BCUT2D eigenvalue weighted by molar-refractivity contribution is 14.1. The predicted octanol–water partition coefficient (Wildman–Crippen LogP) is 3.66. The molecule has 0 atom stereocenters. The number of hydrogen-bond donors (Lipinski definition) is 0. The van der Waals surface area contributed by atoms with Crippen LogP contribution in [0, 0.1) is 3.70 Å². The van der Waals surface area contributed by atoms with E-state index in [0.29, 0.717) is 0 Å². The Labute approximate surface area is 102 Å². The molecule has 0 fully saturated rings. The van der Waals surface area contributed by atoms with Crippen molar-refractivity contribution in [3.8, 4) is 0 Å².